The fraction of sp³-hybridized carbons (Fsp3) is 0.909. The summed E-state index contributed by atoms with van der Waals surface area (Å²) in [5.41, 5.74) is 0.0376. The average Bonchev–Trinajstić information content (AvgIpc) is 2.97. The van der Waals surface area contributed by atoms with Gasteiger partial charge in [-0.1, -0.05) is 41.5 Å². The third kappa shape index (κ3) is 1.60. The first-order valence-corrected chi connectivity index (χ1v) is 10.1. The Hall–Kier alpha value is -0.660. The van der Waals surface area contributed by atoms with E-state index in [-0.39, 0.29) is 33.5 Å². The van der Waals surface area contributed by atoms with Crippen LogP contribution < -0.4 is 0 Å². The number of hydrogen-bond acceptors (Lipinski definition) is 2. The lowest BCUT2D eigenvalue weighted by atomic mass is 9.70. The van der Waals surface area contributed by atoms with E-state index in [1.165, 1.54) is 12.8 Å². The Labute approximate surface area is 147 Å². The molecule has 0 aromatic carbocycles. The molecule has 2 heteroatoms. The smallest absolute Gasteiger partial charge is 0.142 e. The minimum Gasteiger partial charge on any atom is -0.299 e. The van der Waals surface area contributed by atoms with Crippen molar-refractivity contribution in [2.45, 2.75) is 80.1 Å². The maximum absolute atomic E-state index is 13.1. The van der Waals surface area contributed by atoms with E-state index in [1.54, 1.807) is 0 Å². The zero-order valence-electron chi connectivity index (χ0n) is 16.4. The summed E-state index contributed by atoms with van der Waals surface area (Å²) in [6.45, 7) is 13.6. The van der Waals surface area contributed by atoms with Crippen molar-refractivity contribution in [3.63, 3.8) is 0 Å². The monoisotopic (exact) mass is 330 g/mol. The molecule has 0 saturated heterocycles. The SMILES string of the molecule is CC12CCC(C(CCC3C(=O)C4(C)CCC3C4(C)C)C1=O)C2(C)C. The topological polar surface area (TPSA) is 34.1 Å². The van der Waals surface area contributed by atoms with E-state index in [0.29, 0.717) is 23.4 Å². The molecule has 0 radical (unpaired) electrons. The van der Waals surface area contributed by atoms with Gasteiger partial charge in [-0.3, -0.25) is 9.59 Å². The summed E-state index contributed by atoms with van der Waals surface area (Å²) in [6, 6.07) is 0. The molecule has 0 spiro atoms. The van der Waals surface area contributed by atoms with Crippen LogP contribution in [-0.2, 0) is 9.59 Å². The highest BCUT2D eigenvalue weighted by Gasteiger charge is 2.68. The van der Waals surface area contributed by atoms with Crippen LogP contribution in [0.2, 0.25) is 0 Å². The summed E-state index contributed by atoms with van der Waals surface area (Å²) in [6.07, 6.45) is 6.42. The van der Waals surface area contributed by atoms with Gasteiger partial charge in [0.1, 0.15) is 11.6 Å². The Balaban J connectivity index is 1.52. The number of hydrogen-bond donors (Lipinski definition) is 0. The molecule has 134 valence electrons. The van der Waals surface area contributed by atoms with Crippen LogP contribution in [0.3, 0.4) is 0 Å². The first kappa shape index (κ1) is 16.8. The molecule has 4 bridgehead atoms. The van der Waals surface area contributed by atoms with E-state index in [4.69, 9.17) is 0 Å². The van der Waals surface area contributed by atoms with E-state index < -0.39 is 0 Å². The standard InChI is InChI=1S/C22H34O2/c1-19(2)15-9-11-21(19,5)17(23)13(15)7-8-14-16-10-12-22(6,18(14)24)20(16,3)4/h13-16H,7-12H2,1-6H3. The van der Waals surface area contributed by atoms with Crippen molar-refractivity contribution in [2.75, 3.05) is 0 Å². The maximum atomic E-state index is 13.1. The van der Waals surface area contributed by atoms with Gasteiger partial charge in [-0.15, -0.1) is 0 Å². The Morgan fingerprint density at radius 2 is 1.04 bits per heavy atom. The van der Waals surface area contributed by atoms with Crippen LogP contribution in [0, 0.1) is 45.3 Å². The lowest BCUT2D eigenvalue weighted by Gasteiger charge is -2.32. The highest BCUT2D eigenvalue weighted by molar-refractivity contribution is 5.93. The molecule has 24 heavy (non-hydrogen) atoms. The van der Waals surface area contributed by atoms with Gasteiger partial charge < -0.3 is 0 Å². The predicted octanol–water partition coefficient (Wildman–Crippen LogP) is 5.05. The van der Waals surface area contributed by atoms with E-state index in [0.717, 1.165) is 25.7 Å². The molecular weight excluding hydrogens is 296 g/mol. The van der Waals surface area contributed by atoms with Crippen molar-refractivity contribution in [1.82, 2.24) is 0 Å². The van der Waals surface area contributed by atoms with Gasteiger partial charge in [0.25, 0.3) is 0 Å². The van der Waals surface area contributed by atoms with Crippen molar-refractivity contribution in [3.05, 3.63) is 0 Å². The Morgan fingerprint density at radius 3 is 1.29 bits per heavy atom. The summed E-state index contributed by atoms with van der Waals surface area (Å²) < 4.78 is 0. The normalized spacial score (nSPS) is 50.9. The van der Waals surface area contributed by atoms with Crippen molar-refractivity contribution in [1.29, 1.82) is 0 Å². The molecule has 0 aromatic heterocycles. The van der Waals surface area contributed by atoms with E-state index in [2.05, 4.69) is 41.5 Å². The van der Waals surface area contributed by atoms with Crippen LogP contribution in [0.1, 0.15) is 80.1 Å². The summed E-state index contributed by atoms with van der Waals surface area (Å²) in [5.74, 6) is 2.50. The van der Waals surface area contributed by atoms with E-state index in [1.807, 2.05) is 0 Å². The van der Waals surface area contributed by atoms with Gasteiger partial charge in [0.05, 0.1) is 0 Å². The fourth-order valence-electron chi connectivity index (χ4n) is 7.57. The minimum absolute atomic E-state index is 0.119. The van der Waals surface area contributed by atoms with E-state index in [9.17, 15) is 9.59 Å². The number of fused-ring (bicyclic) bond motifs is 4. The van der Waals surface area contributed by atoms with Crippen LogP contribution in [-0.4, -0.2) is 11.6 Å². The van der Waals surface area contributed by atoms with Crippen LogP contribution in [0.5, 0.6) is 0 Å². The molecule has 0 heterocycles. The van der Waals surface area contributed by atoms with Crippen LogP contribution in [0.25, 0.3) is 0 Å². The lowest BCUT2D eigenvalue weighted by molar-refractivity contribution is -0.134. The molecule has 0 aliphatic heterocycles. The van der Waals surface area contributed by atoms with Gasteiger partial charge in [0.2, 0.25) is 0 Å². The molecular formula is C22H34O2. The summed E-state index contributed by atoms with van der Waals surface area (Å²) in [5, 5.41) is 0. The number of carbonyl (C=O) groups is 2. The first-order valence-electron chi connectivity index (χ1n) is 10.1. The van der Waals surface area contributed by atoms with Gasteiger partial charge >= 0.3 is 0 Å². The van der Waals surface area contributed by atoms with Gasteiger partial charge in [0, 0.05) is 22.7 Å². The quantitative estimate of drug-likeness (QED) is 0.725. The highest BCUT2D eigenvalue weighted by Crippen LogP contribution is 2.69. The summed E-state index contributed by atoms with van der Waals surface area (Å²) in [7, 11) is 0. The minimum atomic E-state index is -0.119. The predicted molar refractivity (Wildman–Crippen MR) is 95.5 cm³/mol. The zero-order chi connectivity index (χ0) is 17.7. The summed E-state index contributed by atoms with van der Waals surface area (Å²) in [4.78, 5) is 26.1. The summed E-state index contributed by atoms with van der Waals surface area (Å²) >= 11 is 0. The molecule has 0 aromatic rings. The number of carbonyl (C=O) groups excluding carboxylic acids is 2. The van der Waals surface area contributed by atoms with Gasteiger partial charge in [0.15, 0.2) is 0 Å². The van der Waals surface area contributed by atoms with Gasteiger partial charge in [-0.05, 0) is 61.2 Å². The van der Waals surface area contributed by atoms with Gasteiger partial charge in [-0.2, -0.15) is 0 Å². The Morgan fingerprint density at radius 1 is 0.708 bits per heavy atom. The molecule has 2 nitrogen and oxygen atoms in total. The fourth-order valence-corrected chi connectivity index (χ4v) is 7.57. The third-order valence-corrected chi connectivity index (χ3v) is 10.1. The highest BCUT2D eigenvalue weighted by atomic mass is 16.1. The van der Waals surface area contributed by atoms with Crippen molar-refractivity contribution in [3.8, 4) is 0 Å². The van der Waals surface area contributed by atoms with Crippen molar-refractivity contribution >= 4 is 11.6 Å². The zero-order valence-corrected chi connectivity index (χ0v) is 16.4. The molecule has 4 saturated carbocycles. The number of ketones is 2. The van der Waals surface area contributed by atoms with Crippen molar-refractivity contribution < 1.29 is 9.59 Å². The molecule has 6 atom stereocenters. The third-order valence-electron chi connectivity index (χ3n) is 10.1. The molecule has 4 rings (SSSR count). The second-order valence-electron chi connectivity index (χ2n) is 10.9. The molecule has 4 aliphatic carbocycles. The number of Topliss-reactive ketones (excluding diaryl/α,β-unsaturated/α-hetero) is 2. The lowest BCUT2D eigenvalue weighted by Crippen LogP contribution is -2.34. The molecule has 0 N–H and O–H groups in total. The number of rotatable bonds is 3. The second-order valence-corrected chi connectivity index (χ2v) is 10.9. The molecule has 4 fully saturated rings. The van der Waals surface area contributed by atoms with Crippen LogP contribution >= 0.6 is 0 Å². The first-order chi connectivity index (χ1) is 11.0. The largest absolute Gasteiger partial charge is 0.299 e. The van der Waals surface area contributed by atoms with Crippen LogP contribution in [0.4, 0.5) is 0 Å². The Kier molecular flexibility index (Phi) is 3.18. The Bertz CT molecular complexity index is 561. The van der Waals surface area contributed by atoms with Gasteiger partial charge in [-0.25, -0.2) is 0 Å². The molecule has 6 unspecified atom stereocenters. The van der Waals surface area contributed by atoms with Crippen molar-refractivity contribution in [2.24, 2.45) is 45.3 Å². The molecule has 4 aliphatic rings. The average molecular weight is 331 g/mol. The van der Waals surface area contributed by atoms with E-state index >= 15 is 0 Å². The maximum Gasteiger partial charge on any atom is 0.142 e. The van der Waals surface area contributed by atoms with Crippen LogP contribution in [0.15, 0.2) is 0 Å². The second kappa shape index (κ2) is 4.54. The molecule has 0 amide bonds.